The van der Waals surface area contributed by atoms with E-state index in [1.54, 1.807) is 30.5 Å². The van der Waals surface area contributed by atoms with Gasteiger partial charge in [-0.3, -0.25) is 14.4 Å². The molecule has 0 aliphatic carbocycles. The van der Waals surface area contributed by atoms with E-state index in [1.165, 1.54) is 12.3 Å². The van der Waals surface area contributed by atoms with Crippen LogP contribution in [0, 0.1) is 5.82 Å². The summed E-state index contributed by atoms with van der Waals surface area (Å²) < 4.78 is 27.9. The van der Waals surface area contributed by atoms with Gasteiger partial charge in [0, 0.05) is 30.9 Å². The molecule has 1 atom stereocenters. The van der Waals surface area contributed by atoms with Crippen molar-refractivity contribution in [3.8, 4) is 22.8 Å². The number of benzene rings is 3. The quantitative estimate of drug-likeness (QED) is 0.141. The van der Waals surface area contributed by atoms with Crippen LogP contribution in [0.25, 0.3) is 16.8 Å². The predicted octanol–water partition coefficient (Wildman–Crippen LogP) is 6.00. The third-order valence-electron chi connectivity index (χ3n) is 9.40. The molecule has 2 bridgehead atoms. The molecule has 13 nitrogen and oxygen atoms in total. The lowest BCUT2D eigenvalue weighted by Crippen LogP contribution is -2.35. The highest BCUT2D eigenvalue weighted by Crippen LogP contribution is 2.40. The number of carbonyl (C=O) groups excluding carboxylic acids is 1. The average molecular weight is 753 g/mol. The topological polar surface area (TPSA) is 152 Å². The Kier molecular flexibility index (Phi) is 9.84. The van der Waals surface area contributed by atoms with Gasteiger partial charge in [0.1, 0.15) is 34.8 Å². The number of pyridine rings is 1. The molecular weight excluding hydrogens is 716 g/mol. The summed E-state index contributed by atoms with van der Waals surface area (Å²) in [6.07, 6.45) is 2.11. The third kappa shape index (κ3) is 7.11. The van der Waals surface area contributed by atoms with E-state index >= 15 is 0 Å². The van der Waals surface area contributed by atoms with Crippen LogP contribution in [0.15, 0.2) is 113 Å². The Labute approximate surface area is 320 Å². The molecule has 14 heteroatoms. The Morgan fingerprint density at radius 3 is 2.30 bits per heavy atom. The summed E-state index contributed by atoms with van der Waals surface area (Å²) >= 11 is 0. The van der Waals surface area contributed by atoms with Crippen LogP contribution in [0.3, 0.4) is 0 Å². The number of amides is 1. The maximum absolute atomic E-state index is 14.7. The molecule has 8 rings (SSSR count). The number of carbonyl (C=O) groups is 1. The van der Waals surface area contributed by atoms with Gasteiger partial charge in [0.25, 0.3) is 16.8 Å². The molecule has 4 aromatic carbocycles. The van der Waals surface area contributed by atoms with E-state index in [9.17, 15) is 18.8 Å². The van der Waals surface area contributed by atoms with E-state index < -0.39 is 28.7 Å². The van der Waals surface area contributed by atoms with Crippen molar-refractivity contribution in [3.63, 3.8) is 0 Å². The van der Waals surface area contributed by atoms with Crippen molar-refractivity contribution in [2.75, 3.05) is 28.7 Å². The monoisotopic (exact) mass is 752 g/mol. The number of hydrogen-bond donors (Lipinski definition) is 3. The van der Waals surface area contributed by atoms with Gasteiger partial charge in [0.15, 0.2) is 11.4 Å². The highest BCUT2D eigenvalue weighted by molar-refractivity contribution is 6.01. The summed E-state index contributed by atoms with van der Waals surface area (Å²) in [7, 11) is 0. The molecule has 7 aromatic rings. The molecule has 0 spiro atoms. The standard InChI is InChI=1S/C42H37FN8O5/c1-3-55-37-34(35(52)36(37)53)48-31-16-14-28(15-17-31)33-38-44-20-29-18-30(43)21-46-41(29)56-25(2)19-45-40(54)32-22-47-51(39(32)49-38)42(33)50(23-26-10-6-4-7-11-26)24-27-12-8-5-9-13-27/h4-18,21-22,25,48H,3,19-20,23-24H2,1-2H3,(H,44,49)(H,45,54)/t25-/m0/s1. The average Bonchev–Trinajstić information content (AvgIpc) is 3.65. The summed E-state index contributed by atoms with van der Waals surface area (Å²) in [5.41, 5.74) is 3.75. The van der Waals surface area contributed by atoms with Crippen molar-refractivity contribution in [1.29, 1.82) is 0 Å². The lowest BCUT2D eigenvalue weighted by atomic mass is 10.0. The number of rotatable bonds is 10. The Morgan fingerprint density at radius 1 is 0.929 bits per heavy atom. The van der Waals surface area contributed by atoms with E-state index in [4.69, 9.17) is 19.6 Å². The van der Waals surface area contributed by atoms with E-state index in [0.717, 1.165) is 17.3 Å². The zero-order valence-electron chi connectivity index (χ0n) is 30.6. The molecule has 1 amide bonds. The Hall–Kier alpha value is -7.09. The van der Waals surface area contributed by atoms with Gasteiger partial charge in [0.05, 0.1) is 31.1 Å². The number of nitrogens with zero attached hydrogens (tertiary/aromatic N) is 5. The molecule has 1 aliphatic rings. The van der Waals surface area contributed by atoms with Crippen LogP contribution in [-0.2, 0) is 19.6 Å². The molecule has 56 heavy (non-hydrogen) atoms. The summed E-state index contributed by atoms with van der Waals surface area (Å²) in [4.78, 5) is 49.8. The second kappa shape index (κ2) is 15.3. The second-order valence-electron chi connectivity index (χ2n) is 13.4. The summed E-state index contributed by atoms with van der Waals surface area (Å²) in [6, 6.07) is 28.7. The number of hydrogen-bond acceptors (Lipinski definition) is 11. The van der Waals surface area contributed by atoms with Crippen molar-refractivity contribution in [2.45, 2.75) is 39.6 Å². The lowest BCUT2D eigenvalue weighted by molar-refractivity contribution is 0.0932. The molecule has 0 saturated heterocycles. The minimum atomic E-state index is -0.665. The predicted molar refractivity (Wildman–Crippen MR) is 211 cm³/mol. The number of fused-ring (bicyclic) bond motifs is 2. The van der Waals surface area contributed by atoms with Gasteiger partial charge in [-0.15, -0.1) is 0 Å². The van der Waals surface area contributed by atoms with Crippen LogP contribution < -0.4 is 41.2 Å². The van der Waals surface area contributed by atoms with Crippen LogP contribution >= 0.6 is 0 Å². The maximum atomic E-state index is 14.7. The third-order valence-corrected chi connectivity index (χ3v) is 9.40. The largest absolute Gasteiger partial charge is 0.488 e. The van der Waals surface area contributed by atoms with Crippen LogP contribution in [0.1, 0.15) is 40.9 Å². The SMILES string of the molecule is CCOc1c(Nc2ccc(-c3c4nc5c(cnn5c3N(Cc3ccccc3)Cc3ccccc3)C(=O)NC[C@H](C)Oc3ncc(F)cc3CN4)cc2)c(=O)c1=O. The van der Waals surface area contributed by atoms with Crippen LogP contribution in [0.2, 0.25) is 0 Å². The molecule has 282 valence electrons. The first-order valence-electron chi connectivity index (χ1n) is 18.2. The molecule has 0 unspecified atom stereocenters. The van der Waals surface area contributed by atoms with Crippen LogP contribution in [0.5, 0.6) is 11.6 Å². The van der Waals surface area contributed by atoms with Crippen molar-refractivity contribution in [2.24, 2.45) is 0 Å². The number of ether oxygens (including phenoxy) is 2. The van der Waals surface area contributed by atoms with E-state index in [2.05, 4.69) is 25.8 Å². The molecule has 4 heterocycles. The number of halogens is 1. The molecule has 3 aromatic heterocycles. The highest BCUT2D eigenvalue weighted by Gasteiger charge is 2.28. The number of anilines is 4. The number of nitrogens with one attached hydrogen (secondary N) is 3. The minimum absolute atomic E-state index is 0.00882. The molecule has 1 aliphatic heterocycles. The zero-order valence-corrected chi connectivity index (χ0v) is 30.6. The van der Waals surface area contributed by atoms with Crippen molar-refractivity contribution in [3.05, 3.63) is 152 Å². The van der Waals surface area contributed by atoms with Gasteiger partial charge in [0.2, 0.25) is 5.88 Å². The first kappa shape index (κ1) is 35.9. The summed E-state index contributed by atoms with van der Waals surface area (Å²) in [5, 5.41) is 14.2. The van der Waals surface area contributed by atoms with Gasteiger partial charge in [-0.1, -0.05) is 72.8 Å². The van der Waals surface area contributed by atoms with Gasteiger partial charge >= 0.3 is 0 Å². The smallest absolute Gasteiger partial charge is 0.272 e. The fourth-order valence-corrected chi connectivity index (χ4v) is 6.71. The van der Waals surface area contributed by atoms with Gasteiger partial charge < -0.3 is 30.3 Å². The first-order chi connectivity index (χ1) is 27.3. The Morgan fingerprint density at radius 2 is 1.62 bits per heavy atom. The normalized spacial score (nSPS) is 14.1. The van der Waals surface area contributed by atoms with Crippen LogP contribution in [0.4, 0.5) is 27.4 Å². The molecule has 0 saturated carbocycles. The Bertz CT molecular complexity index is 2570. The summed E-state index contributed by atoms with van der Waals surface area (Å²) in [6.45, 7) is 4.91. The number of aromatic nitrogens is 4. The minimum Gasteiger partial charge on any atom is -0.488 e. The van der Waals surface area contributed by atoms with Gasteiger partial charge in [-0.2, -0.15) is 9.61 Å². The Balaban J connectivity index is 1.33. The van der Waals surface area contributed by atoms with Crippen molar-refractivity contribution < 1.29 is 18.7 Å². The van der Waals surface area contributed by atoms with Gasteiger partial charge in [-0.25, -0.2) is 14.4 Å². The fraction of sp³-hybridized carbons (Fsp3) is 0.190. The molecule has 0 radical (unpaired) electrons. The summed E-state index contributed by atoms with van der Waals surface area (Å²) in [5.74, 6) is 0.323. The molecule has 3 N–H and O–H groups in total. The molecule has 0 fully saturated rings. The molecular formula is C42H37FN8O5. The lowest BCUT2D eigenvalue weighted by Gasteiger charge is -2.29. The zero-order chi connectivity index (χ0) is 38.8. The second-order valence-corrected chi connectivity index (χ2v) is 13.4. The van der Waals surface area contributed by atoms with Crippen molar-refractivity contribution >= 4 is 34.6 Å². The fourth-order valence-electron chi connectivity index (χ4n) is 6.71. The van der Waals surface area contributed by atoms with E-state index in [1.807, 2.05) is 72.8 Å². The van der Waals surface area contributed by atoms with Crippen LogP contribution in [-0.4, -0.2) is 44.7 Å². The van der Waals surface area contributed by atoms with E-state index in [0.29, 0.717) is 52.8 Å². The van der Waals surface area contributed by atoms with Crippen molar-refractivity contribution in [1.82, 2.24) is 24.9 Å². The maximum Gasteiger partial charge on any atom is 0.272 e. The van der Waals surface area contributed by atoms with E-state index in [-0.39, 0.29) is 42.6 Å². The highest BCUT2D eigenvalue weighted by atomic mass is 19.1. The first-order valence-corrected chi connectivity index (χ1v) is 18.2. The van der Waals surface area contributed by atoms with Gasteiger partial charge in [-0.05, 0) is 48.7 Å².